The summed E-state index contributed by atoms with van der Waals surface area (Å²) in [4.78, 5) is 12.8. The smallest absolute Gasteiger partial charge is 0.253 e. The summed E-state index contributed by atoms with van der Waals surface area (Å²) in [5.74, 6) is 0.745. The summed E-state index contributed by atoms with van der Waals surface area (Å²) < 4.78 is 2.23. The number of amides is 1. The lowest BCUT2D eigenvalue weighted by molar-refractivity contribution is 0.0947. The van der Waals surface area contributed by atoms with Crippen LogP contribution in [-0.2, 0) is 6.54 Å². The van der Waals surface area contributed by atoms with Crippen LogP contribution in [0.5, 0.6) is 0 Å². The van der Waals surface area contributed by atoms with E-state index in [0.717, 1.165) is 30.5 Å². The van der Waals surface area contributed by atoms with E-state index in [1.165, 1.54) is 49.6 Å². The first-order valence-corrected chi connectivity index (χ1v) is 9.57. The highest BCUT2D eigenvalue weighted by Crippen LogP contribution is 2.26. The number of aromatic nitrogens is 1. The van der Waals surface area contributed by atoms with Gasteiger partial charge >= 0.3 is 0 Å². The fourth-order valence-corrected chi connectivity index (χ4v) is 4.03. The lowest BCUT2D eigenvalue weighted by Gasteiger charge is -2.14. The number of nitrogens with one attached hydrogen (secondary N) is 1. The van der Waals surface area contributed by atoms with Gasteiger partial charge in [-0.2, -0.15) is 0 Å². The number of carbonyl (C=O) groups excluding carboxylic acids is 1. The van der Waals surface area contributed by atoms with Gasteiger partial charge in [0.2, 0.25) is 0 Å². The molecule has 0 aliphatic heterocycles. The quantitative estimate of drug-likeness (QED) is 0.766. The summed E-state index contributed by atoms with van der Waals surface area (Å²) in [6.07, 6.45) is 11.0. The molecule has 2 aromatic rings. The molecule has 1 aromatic carbocycles. The van der Waals surface area contributed by atoms with Crippen molar-refractivity contribution in [1.29, 1.82) is 0 Å². The Morgan fingerprint density at radius 3 is 2.67 bits per heavy atom. The van der Waals surface area contributed by atoms with Crippen molar-refractivity contribution in [3.63, 3.8) is 0 Å². The molecular formula is C21H30N2O. The van der Waals surface area contributed by atoms with Gasteiger partial charge in [-0.15, -0.1) is 0 Å². The van der Waals surface area contributed by atoms with Crippen molar-refractivity contribution in [2.75, 3.05) is 6.54 Å². The topological polar surface area (TPSA) is 34.0 Å². The van der Waals surface area contributed by atoms with E-state index in [9.17, 15) is 4.79 Å². The van der Waals surface area contributed by atoms with Crippen LogP contribution in [-0.4, -0.2) is 17.0 Å². The molecule has 1 aliphatic rings. The lowest BCUT2D eigenvalue weighted by Crippen LogP contribution is -2.29. The summed E-state index contributed by atoms with van der Waals surface area (Å²) in [5, 5.41) is 4.33. The minimum Gasteiger partial charge on any atom is -0.352 e. The predicted molar refractivity (Wildman–Crippen MR) is 100 cm³/mol. The minimum absolute atomic E-state index is 0.0911. The number of benzene rings is 1. The monoisotopic (exact) mass is 326 g/mol. The SMILES string of the molecule is CCCn1cc(C(=O)NCC2CCCCCC2)c2c(C)cccc21. The highest BCUT2D eigenvalue weighted by Gasteiger charge is 2.18. The Hall–Kier alpha value is -1.77. The summed E-state index contributed by atoms with van der Waals surface area (Å²) in [6, 6.07) is 6.30. The first-order chi connectivity index (χ1) is 11.7. The van der Waals surface area contributed by atoms with Gasteiger partial charge in [0.15, 0.2) is 0 Å². The van der Waals surface area contributed by atoms with Crippen molar-refractivity contribution in [2.45, 2.75) is 65.3 Å². The van der Waals surface area contributed by atoms with Crippen LogP contribution in [0.3, 0.4) is 0 Å². The first-order valence-electron chi connectivity index (χ1n) is 9.57. The molecule has 1 heterocycles. The maximum atomic E-state index is 12.8. The van der Waals surface area contributed by atoms with Gasteiger partial charge in [0.05, 0.1) is 5.56 Å². The van der Waals surface area contributed by atoms with Crippen molar-refractivity contribution in [3.05, 3.63) is 35.5 Å². The second-order valence-corrected chi connectivity index (χ2v) is 7.27. The molecule has 0 saturated heterocycles. The number of fused-ring (bicyclic) bond motifs is 1. The maximum Gasteiger partial charge on any atom is 0.253 e. The number of rotatable bonds is 5. The molecule has 0 atom stereocenters. The van der Waals surface area contributed by atoms with Gasteiger partial charge in [-0.3, -0.25) is 4.79 Å². The van der Waals surface area contributed by atoms with Crippen LogP contribution in [0.1, 0.15) is 67.8 Å². The van der Waals surface area contributed by atoms with Gasteiger partial charge in [0.25, 0.3) is 5.91 Å². The van der Waals surface area contributed by atoms with Crippen LogP contribution in [0.15, 0.2) is 24.4 Å². The van der Waals surface area contributed by atoms with Crippen LogP contribution in [0.25, 0.3) is 10.9 Å². The molecule has 130 valence electrons. The summed E-state index contributed by atoms with van der Waals surface area (Å²) in [7, 11) is 0. The van der Waals surface area contributed by atoms with Crippen LogP contribution in [0.4, 0.5) is 0 Å². The van der Waals surface area contributed by atoms with Crippen LogP contribution in [0, 0.1) is 12.8 Å². The van der Waals surface area contributed by atoms with Gasteiger partial charge in [-0.1, -0.05) is 44.7 Å². The number of hydrogen-bond acceptors (Lipinski definition) is 1. The maximum absolute atomic E-state index is 12.8. The Labute approximate surface area is 145 Å². The molecule has 3 rings (SSSR count). The van der Waals surface area contributed by atoms with E-state index >= 15 is 0 Å². The van der Waals surface area contributed by atoms with Crippen LogP contribution in [0.2, 0.25) is 0 Å². The van der Waals surface area contributed by atoms with E-state index in [4.69, 9.17) is 0 Å². The first kappa shape index (κ1) is 17.1. The van der Waals surface area contributed by atoms with E-state index in [2.05, 4.69) is 41.9 Å². The molecule has 1 aromatic heterocycles. The zero-order chi connectivity index (χ0) is 16.9. The minimum atomic E-state index is 0.0911. The van der Waals surface area contributed by atoms with Gasteiger partial charge in [0.1, 0.15) is 0 Å². The molecule has 1 fully saturated rings. The van der Waals surface area contributed by atoms with E-state index in [0.29, 0.717) is 5.92 Å². The summed E-state index contributed by atoms with van der Waals surface area (Å²) >= 11 is 0. The van der Waals surface area contributed by atoms with Crippen molar-refractivity contribution in [3.8, 4) is 0 Å². The van der Waals surface area contributed by atoms with E-state index < -0.39 is 0 Å². The molecule has 0 spiro atoms. The molecule has 1 N–H and O–H groups in total. The van der Waals surface area contributed by atoms with Gasteiger partial charge < -0.3 is 9.88 Å². The second-order valence-electron chi connectivity index (χ2n) is 7.27. The van der Waals surface area contributed by atoms with Gasteiger partial charge in [-0.05, 0) is 43.7 Å². The standard InChI is InChI=1S/C21H30N2O/c1-3-13-23-15-18(20-16(2)9-8-12-19(20)23)21(24)22-14-17-10-6-4-5-7-11-17/h8-9,12,15,17H,3-7,10-11,13-14H2,1-2H3,(H,22,24). The number of carbonyl (C=O) groups is 1. The van der Waals surface area contributed by atoms with Crippen molar-refractivity contribution < 1.29 is 4.79 Å². The zero-order valence-corrected chi connectivity index (χ0v) is 15.1. The Morgan fingerprint density at radius 1 is 1.21 bits per heavy atom. The second kappa shape index (κ2) is 7.87. The average Bonchev–Trinajstić information content (AvgIpc) is 2.77. The third kappa shape index (κ3) is 3.66. The Kier molecular flexibility index (Phi) is 5.60. The molecule has 24 heavy (non-hydrogen) atoms. The third-order valence-electron chi connectivity index (χ3n) is 5.35. The Balaban J connectivity index is 1.78. The number of hydrogen-bond donors (Lipinski definition) is 1. The Morgan fingerprint density at radius 2 is 1.96 bits per heavy atom. The van der Waals surface area contributed by atoms with Gasteiger partial charge in [0, 0.05) is 30.2 Å². The lowest BCUT2D eigenvalue weighted by atomic mass is 10.00. The normalized spacial score (nSPS) is 16.2. The van der Waals surface area contributed by atoms with E-state index in [1.807, 2.05) is 6.20 Å². The molecule has 1 aliphatic carbocycles. The molecule has 3 heteroatoms. The Bertz CT molecular complexity index is 693. The highest BCUT2D eigenvalue weighted by molar-refractivity contribution is 6.08. The molecule has 0 unspecified atom stereocenters. The number of nitrogens with zero attached hydrogens (tertiary/aromatic N) is 1. The van der Waals surface area contributed by atoms with Crippen molar-refractivity contribution in [2.24, 2.45) is 5.92 Å². The highest BCUT2D eigenvalue weighted by atomic mass is 16.1. The summed E-state index contributed by atoms with van der Waals surface area (Å²) in [6.45, 7) is 6.05. The fraction of sp³-hybridized carbons (Fsp3) is 0.571. The fourth-order valence-electron chi connectivity index (χ4n) is 4.03. The number of aryl methyl sites for hydroxylation is 2. The molecule has 3 nitrogen and oxygen atoms in total. The molecule has 1 saturated carbocycles. The predicted octanol–water partition coefficient (Wildman–Crippen LogP) is 5.06. The van der Waals surface area contributed by atoms with Gasteiger partial charge in [-0.25, -0.2) is 0 Å². The molecule has 1 amide bonds. The molecular weight excluding hydrogens is 296 g/mol. The summed E-state index contributed by atoms with van der Waals surface area (Å²) in [5.41, 5.74) is 3.20. The van der Waals surface area contributed by atoms with Crippen LogP contribution < -0.4 is 5.32 Å². The van der Waals surface area contributed by atoms with Crippen molar-refractivity contribution in [1.82, 2.24) is 9.88 Å². The molecule has 0 radical (unpaired) electrons. The van der Waals surface area contributed by atoms with E-state index in [-0.39, 0.29) is 5.91 Å². The third-order valence-corrected chi connectivity index (χ3v) is 5.35. The average molecular weight is 326 g/mol. The largest absolute Gasteiger partial charge is 0.352 e. The zero-order valence-electron chi connectivity index (χ0n) is 15.1. The molecule has 0 bridgehead atoms. The van der Waals surface area contributed by atoms with Crippen LogP contribution >= 0.6 is 0 Å². The van der Waals surface area contributed by atoms with Crippen molar-refractivity contribution >= 4 is 16.8 Å². The van der Waals surface area contributed by atoms with E-state index in [1.54, 1.807) is 0 Å².